The summed E-state index contributed by atoms with van der Waals surface area (Å²) in [5, 5.41) is 15.8. The molecule has 0 saturated heterocycles. The van der Waals surface area contributed by atoms with Crippen LogP contribution >= 0.6 is 0 Å². The fraction of sp³-hybridized carbons (Fsp3) is 0.679. The first kappa shape index (κ1) is 29.6. The van der Waals surface area contributed by atoms with Crippen molar-refractivity contribution < 1.29 is 24.2 Å². The summed E-state index contributed by atoms with van der Waals surface area (Å²) < 4.78 is 5.39. The maximum Gasteiger partial charge on any atom is 0.408 e. The van der Waals surface area contributed by atoms with Crippen molar-refractivity contribution in [2.24, 2.45) is 5.92 Å². The molecule has 202 valence electrons. The van der Waals surface area contributed by atoms with Crippen LogP contribution in [0.15, 0.2) is 18.2 Å². The van der Waals surface area contributed by atoms with Gasteiger partial charge in [0.05, 0.1) is 6.61 Å². The van der Waals surface area contributed by atoms with Gasteiger partial charge >= 0.3 is 6.09 Å². The lowest BCUT2D eigenvalue weighted by atomic mass is 9.92. The highest BCUT2D eigenvalue weighted by Gasteiger charge is 2.38. The third kappa shape index (κ3) is 8.22. The Kier molecular flexibility index (Phi) is 10.8. The van der Waals surface area contributed by atoms with Gasteiger partial charge in [-0.05, 0) is 70.1 Å². The molecule has 3 amide bonds. The summed E-state index contributed by atoms with van der Waals surface area (Å²) in [6, 6.07) is 3.89. The van der Waals surface area contributed by atoms with E-state index in [1.54, 1.807) is 20.8 Å². The third-order valence-electron chi connectivity index (χ3n) is 6.68. The Labute approximate surface area is 216 Å². The predicted octanol–water partition coefficient (Wildman–Crippen LogP) is 4.16. The monoisotopic (exact) mass is 503 g/mol. The van der Waals surface area contributed by atoms with E-state index in [1.807, 2.05) is 45.9 Å². The summed E-state index contributed by atoms with van der Waals surface area (Å²) in [7, 11) is 0. The standard InChI is InChI=1S/C28H45N3O5/c1-18(2)23(30-27(35)36-28(5,6)7)26(34)31(16-17-32)24(22-15-11-12-19(3)20(22)4)25(33)29-21-13-9-8-10-14-21/h11-12,15,18,21,23-24,32H,8-10,13-14,16-17H2,1-7H3,(H,29,33)(H,30,35). The summed E-state index contributed by atoms with van der Waals surface area (Å²) in [4.78, 5) is 41.7. The molecule has 36 heavy (non-hydrogen) atoms. The van der Waals surface area contributed by atoms with Crippen molar-refractivity contribution in [1.29, 1.82) is 0 Å². The molecule has 2 rings (SSSR count). The van der Waals surface area contributed by atoms with Crippen molar-refractivity contribution in [2.75, 3.05) is 13.2 Å². The molecule has 1 fully saturated rings. The molecule has 8 heteroatoms. The number of aliphatic hydroxyl groups is 1. The maximum absolute atomic E-state index is 13.9. The van der Waals surface area contributed by atoms with Gasteiger partial charge in [0.1, 0.15) is 17.7 Å². The molecule has 3 N–H and O–H groups in total. The van der Waals surface area contributed by atoms with Gasteiger partial charge < -0.3 is 25.4 Å². The van der Waals surface area contributed by atoms with Crippen LogP contribution in [-0.2, 0) is 14.3 Å². The van der Waals surface area contributed by atoms with Gasteiger partial charge in [0.15, 0.2) is 0 Å². The number of aryl methyl sites for hydroxylation is 1. The summed E-state index contributed by atoms with van der Waals surface area (Å²) in [5.74, 6) is -0.973. The summed E-state index contributed by atoms with van der Waals surface area (Å²) in [6.45, 7) is 12.4. The lowest BCUT2D eigenvalue weighted by molar-refractivity contribution is -0.144. The maximum atomic E-state index is 13.9. The fourth-order valence-electron chi connectivity index (χ4n) is 4.65. The van der Waals surface area contributed by atoms with Gasteiger partial charge in [-0.3, -0.25) is 9.59 Å². The minimum atomic E-state index is -0.937. The zero-order valence-corrected chi connectivity index (χ0v) is 23.0. The number of hydrogen-bond acceptors (Lipinski definition) is 5. The topological polar surface area (TPSA) is 108 Å². The second-order valence-electron chi connectivity index (χ2n) is 11.2. The number of carbonyl (C=O) groups excluding carboxylic acids is 3. The first-order chi connectivity index (χ1) is 16.9. The molecule has 0 spiro atoms. The smallest absolute Gasteiger partial charge is 0.408 e. The predicted molar refractivity (Wildman–Crippen MR) is 140 cm³/mol. The summed E-state index contributed by atoms with van der Waals surface area (Å²) in [5.41, 5.74) is 1.91. The number of amides is 3. The Morgan fingerprint density at radius 2 is 1.75 bits per heavy atom. The van der Waals surface area contributed by atoms with Gasteiger partial charge in [-0.15, -0.1) is 0 Å². The molecule has 0 aliphatic heterocycles. The van der Waals surface area contributed by atoms with Crippen LogP contribution in [-0.4, -0.2) is 58.8 Å². The molecule has 1 aromatic carbocycles. The Bertz CT molecular complexity index is 903. The van der Waals surface area contributed by atoms with Crippen LogP contribution in [0.3, 0.4) is 0 Å². The first-order valence-electron chi connectivity index (χ1n) is 13.1. The Balaban J connectivity index is 2.46. The molecule has 1 aliphatic rings. The van der Waals surface area contributed by atoms with Crippen molar-refractivity contribution in [1.82, 2.24) is 15.5 Å². The van der Waals surface area contributed by atoms with E-state index in [-0.39, 0.29) is 31.0 Å². The van der Waals surface area contributed by atoms with Crippen LogP contribution in [0.1, 0.15) is 89.5 Å². The number of nitrogens with one attached hydrogen (secondary N) is 2. The van der Waals surface area contributed by atoms with Gasteiger partial charge in [0.25, 0.3) is 0 Å². The van der Waals surface area contributed by atoms with Crippen molar-refractivity contribution in [2.45, 2.75) is 104 Å². The van der Waals surface area contributed by atoms with Crippen molar-refractivity contribution >= 4 is 17.9 Å². The second-order valence-corrected chi connectivity index (χ2v) is 11.2. The number of alkyl carbamates (subject to hydrolysis) is 1. The molecule has 1 aliphatic carbocycles. The van der Waals surface area contributed by atoms with Crippen molar-refractivity contribution in [3.8, 4) is 0 Å². The average Bonchev–Trinajstić information content (AvgIpc) is 2.78. The number of nitrogens with zero attached hydrogens (tertiary/aromatic N) is 1. The van der Waals surface area contributed by atoms with E-state index in [2.05, 4.69) is 10.6 Å². The number of benzene rings is 1. The third-order valence-corrected chi connectivity index (χ3v) is 6.68. The van der Waals surface area contributed by atoms with E-state index in [4.69, 9.17) is 4.74 Å². The zero-order chi connectivity index (χ0) is 27.0. The highest BCUT2D eigenvalue weighted by atomic mass is 16.6. The normalized spacial score (nSPS) is 16.2. The highest BCUT2D eigenvalue weighted by Crippen LogP contribution is 2.29. The molecule has 0 aromatic heterocycles. The van der Waals surface area contributed by atoms with Crippen LogP contribution in [0.2, 0.25) is 0 Å². The Morgan fingerprint density at radius 3 is 2.31 bits per heavy atom. The number of aliphatic hydroxyl groups excluding tert-OH is 1. The van der Waals surface area contributed by atoms with E-state index >= 15 is 0 Å². The average molecular weight is 504 g/mol. The van der Waals surface area contributed by atoms with Gasteiger partial charge in [-0.25, -0.2) is 4.79 Å². The van der Waals surface area contributed by atoms with Gasteiger partial charge in [-0.1, -0.05) is 51.3 Å². The van der Waals surface area contributed by atoms with Gasteiger partial charge in [0, 0.05) is 12.6 Å². The minimum Gasteiger partial charge on any atom is -0.444 e. The summed E-state index contributed by atoms with van der Waals surface area (Å²) in [6.07, 6.45) is 4.41. The minimum absolute atomic E-state index is 0.0474. The number of rotatable bonds is 9. The molecule has 2 atom stereocenters. The largest absolute Gasteiger partial charge is 0.444 e. The van der Waals surface area contributed by atoms with Crippen LogP contribution < -0.4 is 10.6 Å². The number of carbonyl (C=O) groups is 3. The van der Waals surface area contributed by atoms with E-state index in [0.717, 1.165) is 43.2 Å². The van der Waals surface area contributed by atoms with Crippen molar-refractivity contribution in [3.63, 3.8) is 0 Å². The number of ether oxygens (including phenoxy) is 1. The van der Waals surface area contributed by atoms with E-state index < -0.39 is 29.7 Å². The van der Waals surface area contributed by atoms with Crippen LogP contribution in [0.4, 0.5) is 4.79 Å². The van der Waals surface area contributed by atoms with E-state index in [9.17, 15) is 19.5 Å². The lowest BCUT2D eigenvalue weighted by Gasteiger charge is -2.37. The molecular weight excluding hydrogens is 458 g/mol. The van der Waals surface area contributed by atoms with Crippen LogP contribution in [0.25, 0.3) is 0 Å². The Hall–Kier alpha value is -2.61. The van der Waals surface area contributed by atoms with Gasteiger partial charge in [0.2, 0.25) is 11.8 Å². The van der Waals surface area contributed by atoms with Crippen LogP contribution in [0.5, 0.6) is 0 Å². The quantitative estimate of drug-likeness (QED) is 0.469. The van der Waals surface area contributed by atoms with E-state index in [0.29, 0.717) is 5.56 Å². The van der Waals surface area contributed by atoms with Crippen molar-refractivity contribution in [3.05, 3.63) is 34.9 Å². The first-order valence-corrected chi connectivity index (χ1v) is 13.1. The summed E-state index contributed by atoms with van der Waals surface area (Å²) >= 11 is 0. The zero-order valence-electron chi connectivity index (χ0n) is 23.0. The van der Waals surface area contributed by atoms with Gasteiger partial charge in [-0.2, -0.15) is 0 Å². The van der Waals surface area contributed by atoms with E-state index in [1.165, 1.54) is 4.90 Å². The molecule has 0 bridgehead atoms. The lowest BCUT2D eigenvalue weighted by Crippen LogP contribution is -2.56. The molecule has 1 saturated carbocycles. The molecule has 0 heterocycles. The number of hydrogen-bond donors (Lipinski definition) is 3. The molecule has 8 nitrogen and oxygen atoms in total. The highest BCUT2D eigenvalue weighted by molar-refractivity contribution is 5.92. The van der Waals surface area contributed by atoms with Crippen LogP contribution in [0, 0.1) is 19.8 Å². The molecule has 0 radical (unpaired) electrons. The molecule has 2 unspecified atom stereocenters. The molecule has 1 aromatic rings. The molecular formula is C28H45N3O5. The SMILES string of the molecule is Cc1cccc(C(C(=O)NC2CCCCC2)N(CCO)C(=O)C(NC(=O)OC(C)(C)C)C(C)C)c1C. The Morgan fingerprint density at radius 1 is 1.11 bits per heavy atom. The fourth-order valence-corrected chi connectivity index (χ4v) is 4.65. The second kappa shape index (κ2) is 13.1.